The molecule has 0 aliphatic carbocycles. The summed E-state index contributed by atoms with van der Waals surface area (Å²) in [6.45, 7) is 1.67. The largest absolute Gasteiger partial charge is 0.506 e. The number of hydrogen-bond acceptors (Lipinski definition) is 3. The summed E-state index contributed by atoms with van der Waals surface area (Å²) >= 11 is 0. The van der Waals surface area contributed by atoms with Crippen molar-refractivity contribution in [3.05, 3.63) is 23.8 Å². The average Bonchev–Trinajstić information content (AvgIpc) is 2.09. The number of aryl methyl sites for hydroxylation is 1. The average molecular weight is 237 g/mol. The Kier molecular flexibility index (Phi) is 3.13. The summed E-state index contributed by atoms with van der Waals surface area (Å²) in [6, 6.07) is 3.97. The predicted molar refractivity (Wildman–Crippen MR) is 51.4 cm³/mol. The van der Waals surface area contributed by atoms with E-state index >= 15 is 0 Å². The summed E-state index contributed by atoms with van der Waals surface area (Å²) in [7, 11) is -4.73. The first kappa shape index (κ1) is 11.7. The van der Waals surface area contributed by atoms with Gasteiger partial charge in [-0.1, -0.05) is 6.07 Å². The number of halogens is 2. The van der Waals surface area contributed by atoms with E-state index in [-0.39, 0.29) is 11.4 Å². The van der Waals surface area contributed by atoms with E-state index in [0.717, 1.165) is 0 Å². The molecule has 0 heterocycles. The Labute approximate surface area is 85.6 Å². The van der Waals surface area contributed by atoms with Crippen LogP contribution in [0.1, 0.15) is 5.56 Å². The van der Waals surface area contributed by atoms with Crippen molar-refractivity contribution in [1.82, 2.24) is 0 Å². The van der Waals surface area contributed by atoms with Crippen molar-refractivity contribution in [1.29, 1.82) is 0 Å². The number of phenolic OH excluding ortho intramolecular Hbond substituents is 1. The Morgan fingerprint density at radius 2 is 2.00 bits per heavy atom. The lowest BCUT2D eigenvalue weighted by atomic mass is 10.2. The maximum Gasteiger partial charge on any atom is 0.355 e. The maximum absolute atomic E-state index is 12.0. The van der Waals surface area contributed by atoms with E-state index in [1.54, 1.807) is 11.6 Å². The molecule has 15 heavy (non-hydrogen) atoms. The van der Waals surface area contributed by atoms with Gasteiger partial charge in [0.05, 0.1) is 5.69 Å². The first-order valence-corrected chi connectivity index (χ1v) is 5.47. The van der Waals surface area contributed by atoms with Crippen molar-refractivity contribution in [2.75, 3.05) is 4.72 Å². The lowest BCUT2D eigenvalue weighted by molar-refractivity contribution is 0.236. The second-order valence-electron chi connectivity index (χ2n) is 2.93. The lowest BCUT2D eigenvalue weighted by Gasteiger charge is -2.08. The van der Waals surface area contributed by atoms with Gasteiger partial charge in [0.15, 0.2) is 0 Å². The van der Waals surface area contributed by atoms with Gasteiger partial charge in [-0.3, -0.25) is 4.72 Å². The number of aromatic hydroxyl groups is 1. The molecule has 0 saturated carbocycles. The molecule has 0 fully saturated rings. The minimum atomic E-state index is -4.73. The van der Waals surface area contributed by atoms with Gasteiger partial charge < -0.3 is 5.11 Å². The molecule has 0 spiro atoms. The summed E-state index contributed by atoms with van der Waals surface area (Å²) in [5, 5.41) is 9.26. The second-order valence-corrected chi connectivity index (χ2v) is 4.58. The van der Waals surface area contributed by atoms with Crippen molar-refractivity contribution < 1.29 is 22.3 Å². The third-order valence-electron chi connectivity index (χ3n) is 1.64. The van der Waals surface area contributed by atoms with Gasteiger partial charge in [-0.15, -0.1) is 0 Å². The van der Waals surface area contributed by atoms with Crippen LogP contribution in [0.4, 0.5) is 14.5 Å². The predicted octanol–water partition coefficient (Wildman–Crippen LogP) is 1.66. The Morgan fingerprint density at radius 1 is 1.40 bits per heavy atom. The molecular weight excluding hydrogens is 228 g/mol. The van der Waals surface area contributed by atoms with Crippen LogP contribution in [0.25, 0.3) is 0 Å². The molecule has 1 aromatic rings. The van der Waals surface area contributed by atoms with Crippen LogP contribution in [0.2, 0.25) is 0 Å². The highest BCUT2D eigenvalue weighted by molar-refractivity contribution is 7.93. The SMILES string of the molecule is Cc1ccc(NS(=O)(=O)C(F)F)c(O)c1. The Bertz CT molecular complexity index is 459. The molecule has 4 nitrogen and oxygen atoms in total. The Hall–Kier alpha value is -1.37. The molecule has 0 aromatic heterocycles. The molecule has 2 N–H and O–H groups in total. The fourth-order valence-electron chi connectivity index (χ4n) is 0.926. The highest BCUT2D eigenvalue weighted by Gasteiger charge is 2.24. The van der Waals surface area contributed by atoms with E-state index in [4.69, 9.17) is 0 Å². The van der Waals surface area contributed by atoms with E-state index in [2.05, 4.69) is 0 Å². The van der Waals surface area contributed by atoms with E-state index < -0.39 is 15.8 Å². The number of benzene rings is 1. The van der Waals surface area contributed by atoms with Gasteiger partial charge in [-0.2, -0.15) is 8.78 Å². The van der Waals surface area contributed by atoms with E-state index in [1.807, 2.05) is 0 Å². The molecule has 0 saturated heterocycles. The normalized spacial score (nSPS) is 11.7. The van der Waals surface area contributed by atoms with E-state index in [9.17, 15) is 22.3 Å². The van der Waals surface area contributed by atoms with Crippen LogP contribution >= 0.6 is 0 Å². The summed E-state index contributed by atoms with van der Waals surface area (Å²) in [5.41, 5.74) is 0.424. The summed E-state index contributed by atoms with van der Waals surface area (Å²) in [5.74, 6) is -3.92. The van der Waals surface area contributed by atoms with E-state index in [1.165, 1.54) is 18.2 Å². The van der Waals surface area contributed by atoms with Gasteiger partial charge in [0.1, 0.15) is 5.75 Å². The van der Waals surface area contributed by atoms with Crippen LogP contribution in [0, 0.1) is 6.92 Å². The molecular formula is C8H9F2NO3S. The van der Waals surface area contributed by atoms with Crippen molar-refractivity contribution >= 4 is 15.7 Å². The minimum absolute atomic E-state index is 0.263. The summed E-state index contributed by atoms with van der Waals surface area (Å²) < 4.78 is 47.1. The first-order chi connectivity index (χ1) is 6.83. The minimum Gasteiger partial charge on any atom is -0.506 e. The standard InChI is InChI=1S/C8H9F2NO3S/c1-5-2-3-6(7(12)4-5)11-15(13,14)8(9)10/h2-4,8,11-12H,1H3. The fourth-order valence-corrected chi connectivity index (χ4v) is 1.49. The number of anilines is 1. The Morgan fingerprint density at radius 3 is 2.47 bits per heavy atom. The number of alkyl halides is 2. The quantitative estimate of drug-likeness (QED) is 0.786. The van der Waals surface area contributed by atoms with Crippen LogP contribution in [0.3, 0.4) is 0 Å². The second kappa shape index (κ2) is 4.01. The smallest absolute Gasteiger partial charge is 0.355 e. The fraction of sp³-hybridized carbons (Fsp3) is 0.250. The molecule has 0 radical (unpaired) electrons. The van der Waals surface area contributed by atoms with Crippen LogP contribution in [-0.4, -0.2) is 19.3 Å². The zero-order chi connectivity index (χ0) is 11.6. The molecule has 0 unspecified atom stereocenters. The molecule has 84 valence electrons. The molecule has 0 aliphatic rings. The highest BCUT2D eigenvalue weighted by Crippen LogP contribution is 2.25. The lowest BCUT2D eigenvalue weighted by Crippen LogP contribution is -2.20. The maximum atomic E-state index is 12.0. The molecule has 1 aromatic carbocycles. The Balaban J connectivity index is 3.01. The zero-order valence-corrected chi connectivity index (χ0v) is 8.55. The zero-order valence-electron chi connectivity index (χ0n) is 7.74. The molecule has 1 rings (SSSR count). The van der Waals surface area contributed by atoms with Crippen molar-refractivity contribution in [3.63, 3.8) is 0 Å². The molecule has 0 aliphatic heterocycles. The van der Waals surface area contributed by atoms with Crippen LogP contribution in [-0.2, 0) is 10.0 Å². The first-order valence-electron chi connectivity index (χ1n) is 3.92. The van der Waals surface area contributed by atoms with Crippen molar-refractivity contribution in [2.24, 2.45) is 0 Å². The molecule has 7 heteroatoms. The topological polar surface area (TPSA) is 66.4 Å². The summed E-state index contributed by atoms with van der Waals surface area (Å²) in [6.07, 6.45) is 0. The van der Waals surface area contributed by atoms with Gasteiger partial charge in [-0.05, 0) is 24.6 Å². The monoisotopic (exact) mass is 237 g/mol. The number of rotatable bonds is 3. The van der Waals surface area contributed by atoms with Gasteiger partial charge in [0.2, 0.25) is 0 Å². The van der Waals surface area contributed by atoms with Crippen LogP contribution < -0.4 is 4.72 Å². The third kappa shape index (κ3) is 2.79. The highest BCUT2D eigenvalue weighted by atomic mass is 32.2. The molecule has 0 bridgehead atoms. The molecule has 0 amide bonds. The van der Waals surface area contributed by atoms with Gasteiger partial charge in [0.25, 0.3) is 10.0 Å². The summed E-state index contributed by atoms with van der Waals surface area (Å²) in [4.78, 5) is 0. The van der Waals surface area contributed by atoms with Crippen LogP contribution in [0.5, 0.6) is 5.75 Å². The number of hydrogen-bond donors (Lipinski definition) is 2. The van der Waals surface area contributed by atoms with Gasteiger partial charge >= 0.3 is 5.76 Å². The van der Waals surface area contributed by atoms with Gasteiger partial charge in [0, 0.05) is 0 Å². The van der Waals surface area contributed by atoms with Crippen molar-refractivity contribution in [3.8, 4) is 5.75 Å². The number of phenols is 1. The van der Waals surface area contributed by atoms with Crippen molar-refractivity contribution in [2.45, 2.75) is 12.7 Å². The molecule has 0 atom stereocenters. The van der Waals surface area contributed by atoms with E-state index in [0.29, 0.717) is 5.56 Å². The number of nitrogens with one attached hydrogen (secondary N) is 1. The third-order valence-corrected chi connectivity index (χ3v) is 2.61. The van der Waals surface area contributed by atoms with Crippen LogP contribution in [0.15, 0.2) is 18.2 Å². The van der Waals surface area contributed by atoms with Gasteiger partial charge in [-0.25, -0.2) is 8.42 Å². The number of sulfonamides is 1.